The van der Waals surface area contributed by atoms with Gasteiger partial charge >= 0.3 is 5.69 Å². The molecular formula is C9H8N4O3. The van der Waals surface area contributed by atoms with Crippen LogP contribution in [0.2, 0.25) is 0 Å². The van der Waals surface area contributed by atoms with Crippen molar-refractivity contribution in [2.24, 2.45) is 7.05 Å². The molecule has 0 aliphatic carbocycles. The Bertz CT molecular complexity index is 599. The van der Waals surface area contributed by atoms with Crippen LogP contribution in [-0.2, 0) is 7.05 Å². The van der Waals surface area contributed by atoms with Gasteiger partial charge in [-0.3, -0.25) is 10.1 Å². The quantitative estimate of drug-likeness (QED) is 0.544. The molecule has 82 valence electrons. The number of nitro benzene ring substituents is 1. The molecule has 2 aromatic rings. The van der Waals surface area contributed by atoms with Gasteiger partial charge in [0.2, 0.25) is 0 Å². The molecule has 0 radical (unpaired) electrons. The molecule has 16 heavy (non-hydrogen) atoms. The molecule has 7 nitrogen and oxygen atoms in total. The van der Waals surface area contributed by atoms with Crippen molar-refractivity contribution >= 4 is 5.69 Å². The number of nitro groups is 1. The maximum atomic E-state index is 11.6. The standard InChI is InChI=1S/C9H8N4O3/c1-11-9(14)12(6-10-11)7-4-2-3-5-8(7)13(15)16/h2-6H,1H3. The van der Waals surface area contributed by atoms with Crippen molar-refractivity contribution in [2.75, 3.05) is 0 Å². The van der Waals surface area contributed by atoms with Crippen molar-refractivity contribution in [3.63, 3.8) is 0 Å². The fraction of sp³-hybridized carbons (Fsp3) is 0.111. The van der Waals surface area contributed by atoms with Gasteiger partial charge in [0, 0.05) is 13.1 Å². The second-order valence-corrected chi connectivity index (χ2v) is 3.15. The largest absolute Gasteiger partial charge is 0.350 e. The van der Waals surface area contributed by atoms with Crippen LogP contribution < -0.4 is 5.69 Å². The van der Waals surface area contributed by atoms with Crippen molar-refractivity contribution < 1.29 is 4.92 Å². The smallest absolute Gasteiger partial charge is 0.258 e. The molecule has 0 unspecified atom stereocenters. The fourth-order valence-electron chi connectivity index (χ4n) is 1.37. The van der Waals surface area contributed by atoms with E-state index in [0.717, 1.165) is 9.25 Å². The predicted octanol–water partition coefficient (Wildman–Crippen LogP) is 0.479. The summed E-state index contributed by atoms with van der Waals surface area (Å²) >= 11 is 0. The van der Waals surface area contributed by atoms with Gasteiger partial charge in [-0.05, 0) is 6.07 Å². The molecule has 1 aromatic carbocycles. The van der Waals surface area contributed by atoms with Gasteiger partial charge in [-0.25, -0.2) is 14.0 Å². The van der Waals surface area contributed by atoms with E-state index in [2.05, 4.69) is 5.10 Å². The third-order valence-electron chi connectivity index (χ3n) is 2.16. The Kier molecular flexibility index (Phi) is 2.28. The summed E-state index contributed by atoms with van der Waals surface area (Å²) in [6.45, 7) is 0. The molecule has 0 saturated carbocycles. The second kappa shape index (κ2) is 3.61. The number of rotatable bonds is 2. The number of aryl methyl sites for hydroxylation is 1. The van der Waals surface area contributed by atoms with E-state index in [9.17, 15) is 14.9 Å². The molecule has 0 atom stereocenters. The first kappa shape index (κ1) is 10.1. The first-order valence-corrected chi connectivity index (χ1v) is 4.45. The molecule has 1 aromatic heterocycles. The van der Waals surface area contributed by atoms with Crippen LogP contribution in [0.3, 0.4) is 0 Å². The number of benzene rings is 1. The van der Waals surface area contributed by atoms with Gasteiger partial charge in [0.1, 0.15) is 12.0 Å². The van der Waals surface area contributed by atoms with Crippen LogP contribution >= 0.6 is 0 Å². The Morgan fingerprint density at radius 3 is 2.62 bits per heavy atom. The van der Waals surface area contributed by atoms with Gasteiger partial charge in [-0.2, -0.15) is 5.10 Å². The average Bonchev–Trinajstić information content (AvgIpc) is 2.60. The van der Waals surface area contributed by atoms with Crippen molar-refractivity contribution in [3.05, 3.63) is 51.2 Å². The van der Waals surface area contributed by atoms with E-state index in [4.69, 9.17) is 0 Å². The molecule has 0 saturated heterocycles. The third kappa shape index (κ3) is 1.48. The Labute approximate surface area is 89.7 Å². The van der Waals surface area contributed by atoms with E-state index in [1.165, 1.54) is 25.5 Å². The van der Waals surface area contributed by atoms with Gasteiger partial charge in [0.05, 0.1) is 4.92 Å². The molecule has 0 bridgehead atoms. The summed E-state index contributed by atoms with van der Waals surface area (Å²) < 4.78 is 2.24. The topological polar surface area (TPSA) is 83.0 Å². The van der Waals surface area contributed by atoms with E-state index >= 15 is 0 Å². The summed E-state index contributed by atoms with van der Waals surface area (Å²) in [6.07, 6.45) is 1.25. The van der Waals surface area contributed by atoms with E-state index in [0.29, 0.717) is 0 Å². The lowest BCUT2D eigenvalue weighted by molar-refractivity contribution is -0.384. The van der Waals surface area contributed by atoms with Gasteiger partial charge in [-0.15, -0.1) is 0 Å². The highest BCUT2D eigenvalue weighted by Gasteiger charge is 2.16. The first-order valence-electron chi connectivity index (χ1n) is 4.45. The Morgan fingerprint density at radius 1 is 1.38 bits per heavy atom. The molecule has 0 aliphatic heterocycles. The SMILES string of the molecule is Cn1ncn(-c2ccccc2[N+](=O)[O-])c1=O. The summed E-state index contributed by atoms with van der Waals surface area (Å²) in [5.74, 6) is 0. The minimum atomic E-state index is -0.533. The molecule has 1 heterocycles. The van der Waals surface area contributed by atoms with Crippen LogP contribution in [0.1, 0.15) is 0 Å². The van der Waals surface area contributed by atoms with E-state index in [1.54, 1.807) is 12.1 Å². The summed E-state index contributed by atoms with van der Waals surface area (Å²) in [5.41, 5.74) is -0.336. The molecule has 0 aliphatic rings. The van der Waals surface area contributed by atoms with Crippen LogP contribution in [0.25, 0.3) is 5.69 Å². The zero-order valence-electron chi connectivity index (χ0n) is 8.40. The first-order chi connectivity index (χ1) is 7.61. The minimum absolute atomic E-state index is 0.127. The second-order valence-electron chi connectivity index (χ2n) is 3.15. The van der Waals surface area contributed by atoms with E-state index < -0.39 is 10.6 Å². The van der Waals surface area contributed by atoms with Crippen LogP contribution in [0.15, 0.2) is 35.4 Å². The zero-order chi connectivity index (χ0) is 11.7. The average molecular weight is 220 g/mol. The summed E-state index contributed by atoms with van der Waals surface area (Å²) in [5, 5.41) is 14.5. The summed E-state index contributed by atoms with van der Waals surface area (Å²) in [4.78, 5) is 21.8. The van der Waals surface area contributed by atoms with Crippen molar-refractivity contribution in [2.45, 2.75) is 0 Å². The van der Waals surface area contributed by atoms with Crippen molar-refractivity contribution in [3.8, 4) is 5.69 Å². The maximum Gasteiger partial charge on any atom is 0.350 e. The highest BCUT2D eigenvalue weighted by Crippen LogP contribution is 2.20. The van der Waals surface area contributed by atoms with Crippen molar-refractivity contribution in [1.29, 1.82) is 0 Å². The summed E-state index contributed by atoms with van der Waals surface area (Å²) in [6, 6.07) is 6.01. The molecule has 7 heteroatoms. The zero-order valence-corrected chi connectivity index (χ0v) is 8.40. The molecular weight excluding hydrogens is 212 g/mol. The lowest BCUT2D eigenvalue weighted by Crippen LogP contribution is -2.21. The number of nitrogens with zero attached hydrogens (tertiary/aromatic N) is 4. The van der Waals surface area contributed by atoms with Crippen LogP contribution in [0.4, 0.5) is 5.69 Å². The Balaban J connectivity index is 2.69. The third-order valence-corrected chi connectivity index (χ3v) is 2.16. The lowest BCUT2D eigenvalue weighted by atomic mass is 10.2. The number of aromatic nitrogens is 3. The Hall–Kier alpha value is -2.44. The molecule has 0 fully saturated rings. The highest BCUT2D eigenvalue weighted by atomic mass is 16.6. The molecule has 2 rings (SSSR count). The van der Waals surface area contributed by atoms with Gasteiger partial charge < -0.3 is 0 Å². The van der Waals surface area contributed by atoms with E-state index in [-0.39, 0.29) is 11.4 Å². The highest BCUT2D eigenvalue weighted by molar-refractivity contribution is 5.51. The molecule has 0 N–H and O–H groups in total. The number of hydrogen-bond donors (Lipinski definition) is 0. The van der Waals surface area contributed by atoms with Gasteiger partial charge in [0.25, 0.3) is 5.69 Å². The van der Waals surface area contributed by atoms with Crippen LogP contribution in [0, 0.1) is 10.1 Å². The minimum Gasteiger partial charge on any atom is -0.258 e. The lowest BCUT2D eigenvalue weighted by Gasteiger charge is -2.00. The fourth-order valence-corrected chi connectivity index (χ4v) is 1.37. The summed E-state index contributed by atoms with van der Waals surface area (Å²) in [7, 11) is 1.48. The van der Waals surface area contributed by atoms with Gasteiger partial charge in [0.15, 0.2) is 0 Å². The molecule has 0 amide bonds. The number of para-hydroxylation sites is 2. The molecule has 0 spiro atoms. The monoisotopic (exact) mass is 220 g/mol. The maximum absolute atomic E-state index is 11.6. The van der Waals surface area contributed by atoms with Crippen LogP contribution in [0.5, 0.6) is 0 Å². The predicted molar refractivity (Wildman–Crippen MR) is 55.5 cm³/mol. The normalized spacial score (nSPS) is 10.3. The van der Waals surface area contributed by atoms with Crippen molar-refractivity contribution in [1.82, 2.24) is 14.3 Å². The van der Waals surface area contributed by atoms with E-state index in [1.807, 2.05) is 0 Å². The van der Waals surface area contributed by atoms with Gasteiger partial charge in [-0.1, -0.05) is 12.1 Å². The Morgan fingerprint density at radius 2 is 2.06 bits per heavy atom. The van der Waals surface area contributed by atoms with Crippen LogP contribution in [-0.4, -0.2) is 19.3 Å². The number of hydrogen-bond acceptors (Lipinski definition) is 4.